The molecule has 1 aromatic carbocycles. The maximum Gasteiger partial charge on any atom is 0.276 e. The van der Waals surface area contributed by atoms with Crippen LogP contribution in [0.3, 0.4) is 0 Å². The molecule has 154 valence electrons. The summed E-state index contributed by atoms with van der Waals surface area (Å²) >= 11 is 0. The van der Waals surface area contributed by atoms with Crippen molar-refractivity contribution in [1.82, 2.24) is 25.8 Å². The minimum Gasteiger partial charge on any atom is -0.357 e. The Morgan fingerprint density at radius 1 is 1.10 bits per heavy atom. The van der Waals surface area contributed by atoms with E-state index in [1.165, 1.54) is 12.1 Å². The van der Waals surface area contributed by atoms with Gasteiger partial charge in [-0.25, -0.2) is 4.39 Å². The molecule has 2 aromatic heterocycles. The molecule has 0 amide bonds. The second kappa shape index (κ2) is 12.1. The van der Waals surface area contributed by atoms with E-state index in [9.17, 15) is 4.39 Å². The number of nitrogens with zero attached hydrogens (tertiary/aromatic N) is 4. The fourth-order valence-corrected chi connectivity index (χ4v) is 2.53. The zero-order chi connectivity index (χ0) is 19.6. The van der Waals surface area contributed by atoms with Gasteiger partial charge in [0.1, 0.15) is 11.5 Å². The smallest absolute Gasteiger partial charge is 0.276 e. The van der Waals surface area contributed by atoms with Gasteiger partial charge >= 0.3 is 0 Å². The summed E-state index contributed by atoms with van der Waals surface area (Å²) in [5, 5.41) is 10.4. The number of guanidine groups is 1. The summed E-state index contributed by atoms with van der Waals surface area (Å²) in [6.45, 7) is 3.99. The molecule has 0 aliphatic carbocycles. The van der Waals surface area contributed by atoms with E-state index in [0.29, 0.717) is 36.9 Å². The molecular formula is C20H24FIN6O. The predicted molar refractivity (Wildman–Crippen MR) is 121 cm³/mol. The zero-order valence-corrected chi connectivity index (χ0v) is 18.5. The van der Waals surface area contributed by atoms with E-state index in [0.717, 1.165) is 24.5 Å². The van der Waals surface area contributed by atoms with Crippen molar-refractivity contribution < 1.29 is 8.91 Å². The third-order valence-corrected chi connectivity index (χ3v) is 3.92. The lowest BCUT2D eigenvalue weighted by molar-refractivity contribution is 0.421. The Hall–Kier alpha value is -2.56. The Balaban J connectivity index is 0.00000300. The largest absolute Gasteiger partial charge is 0.357 e. The quantitative estimate of drug-likeness (QED) is 0.275. The third-order valence-electron chi connectivity index (χ3n) is 3.92. The van der Waals surface area contributed by atoms with E-state index in [1.807, 2.05) is 25.1 Å². The number of aliphatic imine (C=N–C) groups is 1. The minimum absolute atomic E-state index is 0. The molecule has 0 bridgehead atoms. The minimum atomic E-state index is -0.223. The van der Waals surface area contributed by atoms with Crippen molar-refractivity contribution in [2.45, 2.75) is 19.8 Å². The van der Waals surface area contributed by atoms with Crippen LogP contribution in [0, 0.1) is 5.82 Å². The van der Waals surface area contributed by atoms with Gasteiger partial charge in [-0.1, -0.05) is 23.4 Å². The van der Waals surface area contributed by atoms with Crippen LogP contribution in [0.5, 0.6) is 0 Å². The van der Waals surface area contributed by atoms with Crippen molar-refractivity contribution in [3.05, 3.63) is 65.9 Å². The Kier molecular flexibility index (Phi) is 9.48. The topological polar surface area (TPSA) is 88.2 Å². The molecular weight excluding hydrogens is 486 g/mol. The van der Waals surface area contributed by atoms with Crippen LogP contribution in [0.25, 0.3) is 11.6 Å². The number of aromatic nitrogens is 3. The van der Waals surface area contributed by atoms with Crippen LogP contribution in [0.4, 0.5) is 4.39 Å². The molecule has 2 N–H and O–H groups in total. The summed E-state index contributed by atoms with van der Waals surface area (Å²) < 4.78 is 18.2. The van der Waals surface area contributed by atoms with Crippen molar-refractivity contribution in [2.75, 3.05) is 19.6 Å². The van der Waals surface area contributed by atoms with Gasteiger partial charge in [0.05, 0.1) is 0 Å². The van der Waals surface area contributed by atoms with E-state index >= 15 is 0 Å². The lowest BCUT2D eigenvalue weighted by Gasteiger charge is -2.11. The Bertz CT molecular complexity index is 886. The average molecular weight is 510 g/mol. The average Bonchev–Trinajstić information content (AvgIpc) is 3.19. The van der Waals surface area contributed by atoms with Crippen molar-refractivity contribution in [3.63, 3.8) is 0 Å². The molecule has 9 heteroatoms. The van der Waals surface area contributed by atoms with Gasteiger partial charge in [-0.05, 0) is 43.2 Å². The second-order valence-electron chi connectivity index (χ2n) is 6.04. The number of hydrogen-bond donors (Lipinski definition) is 2. The lowest BCUT2D eigenvalue weighted by Crippen LogP contribution is -2.38. The Morgan fingerprint density at radius 2 is 1.93 bits per heavy atom. The number of nitrogens with one attached hydrogen (secondary N) is 2. The highest BCUT2D eigenvalue weighted by Crippen LogP contribution is 2.13. The van der Waals surface area contributed by atoms with Crippen LogP contribution in [0.1, 0.15) is 18.3 Å². The highest BCUT2D eigenvalue weighted by atomic mass is 127. The van der Waals surface area contributed by atoms with Gasteiger partial charge in [-0.3, -0.25) is 9.98 Å². The third kappa shape index (κ3) is 7.41. The first-order valence-corrected chi connectivity index (χ1v) is 9.25. The molecule has 0 fully saturated rings. The number of hydrogen-bond acceptors (Lipinski definition) is 5. The molecule has 7 nitrogen and oxygen atoms in total. The summed E-state index contributed by atoms with van der Waals surface area (Å²) in [6, 6.07) is 12.0. The fourth-order valence-electron chi connectivity index (χ4n) is 2.53. The van der Waals surface area contributed by atoms with Crippen molar-refractivity contribution in [2.24, 2.45) is 4.99 Å². The molecule has 0 aliphatic rings. The molecule has 0 atom stereocenters. The molecule has 0 aliphatic heterocycles. The van der Waals surface area contributed by atoms with Gasteiger partial charge in [-0.2, -0.15) is 4.98 Å². The lowest BCUT2D eigenvalue weighted by atomic mass is 10.1. The van der Waals surface area contributed by atoms with E-state index < -0.39 is 0 Å². The van der Waals surface area contributed by atoms with Crippen LogP contribution in [-0.2, 0) is 12.8 Å². The van der Waals surface area contributed by atoms with Crippen LogP contribution in [-0.4, -0.2) is 40.7 Å². The highest BCUT2D eigenvalue weighted by molar-refractivity contribution is 14.0. The van der Waals surface area contributed by atoms with Gasteiger partial charge in [-0.15, -0.1) is 24.0 Å². The van der Waals surface area contributed by atoms with Gasteiger partial charge in [0.15, 0.2) is 11.8 Å². The number of rotatable bonds is 8. The fraction of sp³-hybridized carbons (Fsp3) is 0.300. The molecule has 0 saturated heterocycles. The van der Waals surface area contributed by atoms with Gasteiger partial charge in [0.2, 0.25) is 0 Å². The maximum atomic E-state index is 12.9. The number of pyridine rings is 1. The first-order chi connectivity index (χ1) is 13.7. The van der Waals surface area contributed by atoms with Crippen LogP contribution in [0.2, 0.25) is 0 Å². The van der Waals surface area contributed by atoms with E-state index in [2.05, 4.69) is 30.8 Å². The Labute approximate surface area is 186 Å². The molecule has 2 heterocycles. The van der Waals surface area contributed by atoms with Gasteiger partial charge in [0.25, 0.3) is 5.89 Å². The monoisotopic (exact) mass is 510 g/mol. The summed E-state index contributed by atoms with van der Waals surface area (Å²) in [7, 11) is 0. The van der Waals surface area contributed by atoms with Crippen molar-refractivity contribution >= 4 is 29.9 Å². The van der Waals surface area contributed by atoms with E-state index in [1.54, 1.807) is 18.3 Å². The molecule has 3 rings (SSSR count). The Morgan fingerprint density at radius 3 is 2.66 bits per heavy atom. The standard InChI is InChI=1S/C20H23FN6O.HI/c1-2-22-20(24-13-10-15-6-8-16(21)9-7-15)25-14-11-18-26-19(28-27-18)17-5-3-4-12-23-17;/h3-9,12H,2,10-11,13-14H2,1H3,(H2,22,24,25);1H. The molecule has 0 spiro atoms. The SMILES string of the molecule is CCNC(=NCCc1noc(-c2ccccn2)n1)NCCc1ccc(F)cc1.I. The van der Waals surface area contributed by atoms with Crippen molar-refractivity contribution in [1.29, 1.82) is 0 Å². The van der Waals surface area contributed by atoms with Crippen LogP contribution < -0.4 is 10.6 Å². The second-order valence-corrected chi connectivity index (χ2v) is 6.04. The summed E-state index contributed by atoms with van der Waals surface area (Å²) in [4.78, 5) is 13.1. The summed E-state index contributed by atoms with van der Waals surface area (Å²) in [5.74, 6) is 1.49. The van der Waals surface area contributed by atoms with Gasteiger partial charge in [0, 0.05) is 32.3 Å². The van der Waals surface area contributed by atoms with Crippen LogP contribution >= 0.6 is 24.0 Å². The van der Waals surface area contributed by atoms with E-state index in [-0.39, 0.29) is 29.8 Å². The van der Waals surface area contributed by atoms with Gasteiger partial charge < -0.3 is 15.2 Å². The summed E-state index contributed by atoms with van der Waals surface area (Å²) in [5.41, 5.74) is 1.72. The normalized spacial score (nSPS) is 11.0. The molecule has 0 saturated carbocycles. The number of benzene rings is 1. The zero-order valence-electron chi connectivity index (χ0n) is 16.1. The van der Waals surface area contributed by atoms with Crippen LogP contribution in [0.15, 0.2) is 58.2 Å². The first kappa shape index (κ1) is 22.7. The first-order valence-electron chi connectivity index (χ1n) is 9.25. The number of halogens is 2. The summed E-state index contributed by atoms with van der Waals surface area (Å²) in [6.07, 6.45) is 3.03. The maximum absolute atomic E-state index is 12.9. The predicted octanol–water partition coefficient (Wildman–Crippen LogP) is 3.23. The molecule has 29 heavy (non-hydrogen) atoms. The highest BCUT2D eigenvalue weighted by Gasteiger charge is 2.09. The van der Waals surface area contributed by atoms with Crippen molar-refractivity contribution in [3.8, 4) is 11.6 Å². The molecule has 0 radical (unpaired) electrons. The molecule has 3 aromatic rings. The van der Waals surface area contributed by atoms with E-state index in [4.69, 9.17) is 4.52 Å². The molecule has 0 unspecified atom stereocenters.